The summed E-state index contributed by atoms with van der Waals surface area (Å²) in [6.07, 6.45) is 2.64. The van der Waals surface area contributed by atoms with Crippen LogP contribution >= 0.6 is 0 Å². The van der Waals surface area contributed by atoms with Gasteiger partial charge in [0.25, 0.3) is 15.9 Å². The van der Waals surface area contributed by atoms with Crippen molar-refractivity contribution in [3.8, 4) is 40.3 Å². The number of aromatic nitrogens is 3. The zero-order valence-electron chi connectivity index (χ0n) is 36.7. The second-order valence-corrected chi connectivity index (χ2v) is 16.8. The van der Waals surface area contributed by atoms with Crippen molar-refractivity contribution in [1.82, 2.24) is 25.7 Å². The molecule has 5 N–H and O–H groups in total. The Labute approximate surface area is 376 Å². The van der Waals surface area contributed by atoms with Crippen LogP contribution in [0.15, 0.2) is 71.9 Å². The molecule has 4 rings (SSSR count). The second kappa shape index (κ2) is 25.7. The van der Waals surface area contributed by atoms with Crippen LogP contribution in [0.2, 0.25) is 0 Å². The summed E-state index contributed by atoms with van der Waals surface area (Å²) in [5, 5.41) is 33.7. The minimum absolute atomic E-state index is 0.00230. The van der Waals surface area contributed by atoms with Crippen molar-refractivity contribution in [2.24, 2.45) is 0 Å². The predicted molar refractivity (Wildman–Crippen MR) is 227 cm³/mol. The van der Waals surface area contributed by atoms with Crippen LogP contribution in [-0.2, 0) is 44.2 Å². The molecular formula is C42H56N6O16S. The molecule has 1 atom stereocenters. The summed E-state index contributed by atoms with van der Waals surface area (Å²) in [5.41, 5.74) is 0.904. The lowest BCUT2D eigenvalue weighted by atomic mass is 9.88. The van der Waals surface area contributed by atoms with Crippen molar-refractivity contribution in [2.75, 3.05) is 45.4 Å². The SMILES string of the molecule is COc1ccc(-c2nc(NS(=O)(=O)c3ccc(C(C)(C)C)cn3)c(Oc3ccccc3OC)c(OCC(COC(=O)CCCCCON(O)O)OC(=O)CCCCCON(O)O)n2)cc1. The van der Waals surface area contributed by atoms with Gasteiger partial charge in [-0.25, -0.2) is 9.97 Å². The molecule has 0 amide bonds. The number of nitrogens with one attached hydrogen (secondary N) is 1. The van der Waals surface area contributed by atoms with Crippen LogP contribution in [0.3, 0.4) is 0 Å². The summed E-state index contributed by atoms with van der Waals surface area (Å²) in [6, 6.07) is 16.2. The lowest BCUT2D eigenvalue weighted by Gasteiger charge is -2.21. The molecule has 0 aliphatic heterocycles. The molecule has 1 unspecified atom stereocenters. The van der Waals surface area contributed by atoms with E-state index in [1.807, 2.05) is 20.8 Å². The first-order valence-electron chi connectivity index (χ1n) is 20.4. The number of rotatable bonds is 28. The molecule has 0 bridgehead atoms. The van der Waals surface area contributed by atoms with Crippen LogP contribution in [0.5, 0.6) is 28.9 Å². The van der Waals surface area contributed by atoms with Crippen molar-refractivity contribution in [2.45, 2.75) is 88.7 Å². The summed E-state index contributed by atoms with van der Waals surface area (Å²) in [6.45, 7) is 4.94. The zero-order chi connectivity index (χ0) is 47.4. The van der Waals surface area contributed by atoms with Crippen LogP contribution in [0.25, 0.3) is 11.4 Å². The van der Waals surface area contributed by atoms with Gasteiger partial charge >= 0.3 is 11.9 Å². The molecule has 0 aliphatic carbocycles. The van der Waals surface area contributed by atoms with E-state index in [0.29, 0.717) is 49.8 Å². The van der Waals surface area contributed by atoms with Crippen molar-refractivity contribution >= 4 is 27.8 Å². The maximum atomic E-state index is 14.1. The van der Waals surface area contributed by atoms with Gasteiger partial charge in [0.15, 0.2) is 34.3 Å². The Kier molecular flexibility index (Phi) is 20.5. The number of pyridine rings is 1. The molecular weight excluding hydrogens is 877 g/mol. The third-order valence-electron chi connectivity index (χ3n) is 9.17. The number of unbranched alkanes of at least 4 members (excludes halogenated alkanes) is 4. The lowest BCUT2D eigenvalue weighted by molar-refractivity contribution is -0.492. The molecule has 0 spiro atoms. The maximum absolute atomic E-state index is 14.1. The molecule has 4 aromatic rings. The number of carbonyl (C=O) groups is 2. The van der Waals surface area contributed by atoms with E-state index in [1.165, 1.54) is 26.5 Å². The molecule has 0 fully saturated rings. The molecule has 2 aromatic carbocycles. The molecule has 356 valence electrons. The Bertz CT molecular complexity index is 2210. The number of carbonyl (C=O) groups excluding carboxylic acids is 2. The Morgan fingerprint density at radius 3 is 1.95 bits per heavy atom. The first kappa shape index (κ1) is 51.9. The molecule has 0 saturated carbocycles. The van der Waals surface area contributed by atoms with E-state index < -0.39 is 52.1 Å². The van der Waals surface area contributed by atoms with E-state index >= 15 is 0 Å². The fourth-order valence-electron chi connectivity index (χ4n) is 5.71. The standard InChI is InChI=1S/C42H56N6O16S/c1-42(2,3)30-20-23-35(43-26-30)65(55,56)46-40-38(64-34-15-11-10-14-33(34)58-5)41(45-39(44-40)29-18-21-31(57-4)22-19-29)60-28-32(63-37(50)17-9-7-13-25-62-48(53)54)27-59-36(49)16-8-6-12-24-61-47(51)52/h10-11,14-15,18-23,26,32,51-54H,6-9,12-13,16-17,24-25,27-28H2,1-5H3,(H,44,45,46). The molecule has 0 aliphatic rings. The van der Waals surface area contributed by atoms with Crippen LogP contribution < -0.4 is 23.7 Å². The van der Waals surface area contributed by atoms with Gasteiger partial charge in [-0.1, -0.05) is 51.8 Å². The van der Waals surface area contributed by atoms with Crippen molar-refractivity contribution in [3.63, 3.8) is 0 Å². The minimum Gasteiger partial charge on any atom is -0.497 e. The Hall–Kier alpha value is -5.76. The molecule has 65 heavy (non-hydrogen) atoms. The number of ether oxygens (including phenoxy) is 6. The summed E-state index contributed by atoms with van der Waals surface area (Å²) < 4.78 is 65.2. The van der Waals surface area contributed by atoms with Crippen LogP contribution in [-0.4, -0.2) is 114 Å². The second-order valence-electron chi connectivity index (χ2n) is 15.2. The predicted octanol–water partition coefficient (Wildman–Crippen LogP) is 6.43. The number of para-hydroxylation sites is 2. The van der Waals surface area contributed by atoms with E-state index in [4.69, 9.17) is 49.3 Å². The minimum atomic E-state index is -4.47. The molecule has 23 heteroatoms. The highest BCUT2D eigenvalue weighted by Crippen LogP contribution is 2.42. The van der Waals surface area contributed by atoms with Gasteiger partial charge in [0.1, 0.15) is 19.0 Å². The quantitative estimate of drug-likeness (QED) is 0.0233. The van der Waals surface area contributed by atoms with Gasteiger partial charge in [-0.05, 0) is 79.1 Å². The van der Waals surface area contributed by atoms with Gasteiger partial charge in [-0.2, -0.15) is 13.4 Å². The van der Waals surface area contributed by atoms with Gasteiger partial charge in [-0.15, -0.1) is 0 Å². The Balaban J connectivity index is 1.71. The summed E-state index contributed by atoms with van der Waals surface area (Å²) in [5.74, 6) is -1.39. The van der Waals surface area contributed by atoms with Crippen LogP contribution in [0, 0.1) is 0 Å². The lowest BCUT2D eigenvalue weighted by Crippen LogP contribution is -2.31. The maximum Gasteiger partial charge on any atom is 0.306 e. The van der Waals surface area contributed by atoms with Gasteiger partial charge in [0.2, 0.25) is 5.75 Å². The highest BCUT2D eigenvalue weighted by molar-refractivity contribution is 7.92. The van der Waals surface area contributed by atoms with Crippen molar-refractivity contribution in [3.05, 3.63) is 72.4 Å². The number of anilines is 1. The number of methoxy groups -OCH3 is 2. The number of hydrogen-bond donors (Lipinski definition) is 5. The summed E-state index contributed by atoms with van der Waals surface area (Å²) >= 11 is 0. The van der Waals surface area contributed by atoms with E-state index in [1.54, 1.807) is 54.6 Å². The number of esters is 2. The van der Waals surface area contributed by atoms with E-state index in [9.17, 15) is 18.0 Å². The van der Waals surface area contributed by atoms with Gasteiger partial charge < -0.3 is 28.4 Å². The Morgan fingerprint density at radius 1 is 0.754 bits per heavy atom. The van der Waals surface area contributed by atoms with Crippen LogP contribution in [0.4, 0.5) is 5.82 Å². The molecule has 22 nitrogen and oxygen atoms in total. The molecule has 2 heterocycles. The van der Waals surface area contributed by atoms with E-state index in [2.05, 4.69) is 29.3 Å². The topological polar surface area (TPSA) is 280 Å². The summed E-state index contributed by atoms with van der Waals surface area (Å²) in [4.78, 5) is 48.4. The van der Waals surface area contributed by atoms with Crippen LogP contribution in [0.1, 0.15) is 77.7 Å². The number of benzene rings is 2. The Morgan fingerprint density at radius 2 is 1.38 bits per heavy atom. The molecule has 2 aromatic heterocycles. The first-order valence-corrected chi connectivity index (χ1v) is 21.9. The highest BCUT2D eigenvalue weighted by Gasteiger charge is 2.28. The third kappa shape index (κ3) is 17.6. The third-order valence-corrected chi connectivity index (χ3v) is 10.4. The highest BCUT2D eigenvalue weighted by atomic mass is 32.2. The fourth-order valence-corrected chi connectivity index (χ4v) is 6.65. The normalized spacial score (nSPS) is 12.2. The average molecular weight is 933 g/mol. The number of sulfonamides is 1. The van der Waals surface area contributed by atoms with E-state index in [0.717, 1.165) is 5.56 Å². The van der Waals surface area contributed by atoms with Gasteiger partial charge in [0.05, 0.1) is 38.2 Å². The zero-order valence-corrected chi connectivity index (χ0v) is 37.6. The van der Waals surface area contributed by atoms with Gasteiger partial charge in [-0.3, -0.25) is 44.8 Å². The fraction of sp³-hybridized carbons (Fsp3) is 0.452. The van der Waals surface area contributed by atoms with E-state index in [-0.39, 0.29) is 71.3 Å². The summed E-state index contributed by atoms with van der Waals surface area (Å²) in [7, 11) is -1.55. The number of nitrogens with zero attached hydrogens (tertiary/aromatic N) is 5. The monoisotopic (exact) mass is 932 g/mol. The average Bonchev–Trinajstić information content (AvgIpc) is 3.27. The smallest absolute Gasteiger partial charge is 0.306 e. The van der Waals surface area contributed by atoms with Crippen molar-refractivity contribution in [1.29, 1.82) is 0 Å². The molecule has 0 saturated heterocycles. The number of hydrogen-bond acceptors (Lipinski definition) is 21. The largest absolute Gasteiger partial charge is 0.497 e. The first-order chi connectivity index (χ1) is 31.0. The molecule has 0 radical (unpaired) electrons. The van der Waals surface area contributed by atoms with Gasteiger partial charge in [0, 0.05) is 24.6 Å². The van der Waals surface area contributed by atoms with Crippen molar-refractivity contribution < 1.29 is 76.9 Å².